The van der Waals surface area contributed by atoms with Crippen LogP contribution < -0.4 is 14.8 Å². The molecule has 0 aliphatic carbocycles. The Bertz CT molecular complexity index is 1010. The molecular weight excluding hydrogens is 452 g/mol. The number of thioether (sulfide) groups is 1. The summed E-state index contributed by atoms with van der Waals surface area (Å²) in [6.45, 7) is 5.92. The number of benzene rings is 2. The van der Waals surface area contributed by atoms with Crippen LogP contribution in [0.25, 0.3) is 0 Å². The van der Waals surface area contributed by atoms with E-state index in [-0.39, 0.29) is 18.1 Å². The lowest BCUT2D eigenvalue weighted by Crippen LogP contribution is -2.49. The van der Waals surface area contributed by atoms with Gasteiger partial charge in [0.05, 0.1) is 0 Å². The van der Waals surface area contributed by atoms with E-state index in [4.69, 9.17) is 25.8 Å². The second-order valence-corrected chi connectivity index (χ2v) is 10.1. The highest BCUT2D eigenvalue weighted by atomic mass is 35.5. The number of rotatable bonds is 4. The zero-order valence-corrected chi connectivity index (χ0v) is 19.7. The second kappa shape index (κ2) is 9.11. The molecule has 2 aromatic rings. The summed E-state index contributed by atoms with van der Waals surface area (Å²) < 4.78 is 16.3. The molecule has 1 saturated heterocycles. The first-order chi connectivity index (χ1) is 15.2. The van der Waals surface area contributed by atoms with E-state index < -0.39 is 17.7 Å². The summed E-state index contributed by atoms with van der Waals surface area (Å²) in [7, 11) is 0. The summed E-state index contributed by atoms with van der Waals surface area (Å²) >= 11 is 7.55. The average molecular weight is 477 g/mol. The van der Waals surface area contributed by atoms with Crippen molar-refractivity contribution in [2.75, 3.05) is 12.5 Å². The first-order valence-corrected chi connectivity index (χ1v) is 11.7. The molecule has 170 valence electrons. The van der Waals surface area contributed by atoms with Crippen LogP contribution in [0.2, 0.25) is 5.02 Å². The Balaban J connectivity index is 1.50. The lowest BCUT2D eigenvalue weighted by Gasteiger charge is -2.31. The van der Waals surface area contributed by atoms with Crippen LogP contribution >= 0.6 is 23.4 Å². The predicted molar refractivity (Wildman–Crippen MR) is 123 cm³/mol. The van der Waals surface area contributed by atoms with Gasteiger partial charge < -0.3 is 19.5 Å². The maximum Gasteiger partial charge on any atom is 0.412 e. The number of hydrogen-bond acceptors (Lipinski definition) is 6. The number of carbonyl (C=O) groups is 2. The molecule has 2 aliphatic rings. The van der Waals surface area contributed by atoms with Crippen molar-refractivity contribution in [1.82, 2.24) is 10.2 Å². The van der Waals surface area contributed by atoms with Crippen LogP contribution in [-0.4, -0.2) is 41.1 Å². The second-order valence-electron chi connectivity index (χ2n) is 8.55. The Morgan fingerprint density at radius 2 is 1.88 bits per heavy atom. The van der Waals surface area contributed by atoms with Crippen molar-refractivity contribution in [2.24, 2.45) is 0 Å². The fourth-order valence-electron chi connectivity index (χ4n) is 3.49. The quantitative estimate of drug-likeness (QED) is 0.687. The van der Waals surface area contributed by atoms with E-state index in [1.165, 1.54) is 16.7 Å². The van der Waals surface area contributed by atoms with Gasteiger partial charge in [0.25, 0.3) is 0 Å². The van der Waals surface area contributed by atoms with E-state index in [2.05, 4.69) is 5.32 Å². The molecule has 0 saturated carbocycles. The van der Waals surface area contributed by atoms with Crippen molar-refractivity contribution >= 4 is 35.4 Å². The van der Waals surface area contributed by atoms with E-state index in [0.29, 0.717) is 28.8 Å². The minimum atomic E-state index is -0.678. The van der Waals surface area contributed by atoms with Crippen molar-refractivity contribution in [3.05, 3.63) is 58.6 Å². The SMILES string of the molecule is CC(C)(C)OC(=O)N1C(C(=O)NCc2ccc3c(c2)OCO3)CSC1c1ccc(Cl)cc1. The van der Waals surface area contributed by atoms with Gasteiger partial charge in [-0.25, -0.2) is 4.79 Å². The van der Waals surface area contributed by atoms with Gasteiger partial charge in [0.15, 0.2) is 11.5 Å². The summed E-state index contributed by atoms with van der Waals surface area (Å²) in [6, 6.07) is 12.2. The van der Waals surface area contributed by atoms with Gasteiger partial charge >= 0.3 is 6.09 Å². The highest BCUT2D eigenvalue weighted by Gasteiger charge is 2.44. The van der Waals surface area contributed by atoms with Gasteiger partial charge in [0.2, 0.25) is 12.7 Å². The summed E-state index contributed by atoms with van der Waals surface area (Å²) in [5.41, 5.74) is 1.09. The van der Waals surface area contributed by atoms with Crippen molar-refractivity contribution < 1.29 is 23.8 Å². The number of nitrogens with one attached hydrogen (secondary N) is 1. The number of halogens is 1. The topological polar surface area (TPSA) is 77.1 Å². The third-order valence-corrected chi connectivity index (χ3v) is 6.54. The summed E-state index contributed by atoms with van der Waals surface area (Å²) in [4.78, 5) is 27.7. The van der Waals surface area contributed by atoms with Gasteiger partial charge in [-0.05, 0) is 56.2 Å². The number of fused-ring (bicyclic) bond motifs is 1. The lowest BCUT2D eigenvalue weighted by atomic mass is 10.1. The number of nitrogens with zero attached hydrogens (tertiary/aromatic N) is 1. The minimum Gasteiger partial charge on any atom is -0.454 e. The molecule has 2 heterocycles. The van der Waals surface area contributed by atoms with E-state index in [9.17, 15) is 9.59 Å². The summed E-state index contributed by atoms with van der Waals surface area (Å²) in [5, 5.41) is 3.21. The largest absolute Gasteiger partial charge is 0.454 e. The smallest absolute Gasteiger partial charge is 0.412 e. The lowest BCUT2D eigenvalue weighted by molar-refractivity contribution is -0.125. The molecule has 1 N–H and O–H groups in total. The molecule has 0 bridgehead atoms. The molecule has 4 rings (SSSR count). The van der Waals surface area contributed by atoms with Crippen molar-refractivity contribution in [3.8, 4) is 11.5 Å². The number of carbonyl (C=O) groups excluding carboxylic acids is 2. The van der Waals surface area contributed by atoms with Crippen LogP contribution in [0.15, 0.2) is 42.5 Å². The van der Waals surface area contributed by atoms with Crippen LogP contribution in [0.3, 0.4) is 0 Å². The average Bonchev–Trinajstić information content (AvgIpc) is 3.38. The van der Waals surface area contributed by atoms with E-state index in [1.807, 2.05) is 30.3 Å². The molecule has 2 aromatic carbocycles. The molecule has 0 aromatic heterocycles. The Morgan fingerprint density at radius 1 is 1.16 bits per heavy atom. The third-order valence-electron chi connectivity index (χ3n) is 4.97. The van der Waals surface area contributed by atoms with Crippen molar-refractivity contribution in [1.29, 1.82) is 0 Å². The van der Waals surface area contributed by atoms with Crippen LogP contribution in [0.1, 0.15) is 37.3 Å². The van der Waals surface area contributed by atoms with Crippen LogP contribution in [-0.2, 0) is 16.1 Å². The molecule has 2 unspecified atom stereocenters. The van der Waals surface area contributed by atoms with Crippen LogP contribution in [0.4, 0.5) is 4.79 Å². The molecular formula is C23H25ClN2O5S. The molecule has 1 fully saturated rings. The maximum absolute atomic E-state index is 13.1. The summed E-state index contributed by atoms with van der Waals surface area (Å²) in [6.07, 6.45) is -0.523. The molecule has 32 heavy (non-hydrogen) atoms. The number of hydrogen-bond donors (Lipinski definition) is 1. The highest BCUT2D eigenvalue weighted by Crippen LogP contribution is 2.42. The van der Waals surface area contributed by atoms with E-state index >= 15 is 0 Å². The molecule has 9 heteroatoms. The van der Waals surface area contributed by atoms with Gasteiger partial charge in [-0.3, -0.25) is 9.69 Å². The Kier molecular flexibility index (Phi) is 6.44. The number of ether oxygens (including phenoxy) is 3. The molecule has 7 nitrogen and oxygen atoms in total. The van der Waals surface area contributed by atoms with Crippen LogP contribution in [0.5, 0.6) is 11.5 Å². The maximum atomic E-state index is 13.1. The van der Waals surface area contributed by atoms with Crippen LogP contribution in [0, 0.1) is 0 Å². The zero-order chi connectivity index (χ0) is 22.9. The van der Waals surface area contributed by atoms with E-state index in [1.54, 1.807) is 32.9 Å². The Morgan fingerprint density at radius 3 is 2.59 bits per heavy atom. The van der Waals surface area contributed by atoms with E-state index in [0.717, 1.165) is 11.1 Å². The summed E-state index contributed by atoms with van der Waals surface area (Å²) in [5.74, 6) is 1.57. The van der Waals surface area contributed by atoms with Crippen molar-refractivity contribution in [2.45, 2.75) is 44.3 Å². The molecule has 2 aliphatic heterocycles. The molecule has 2 atom stereocenters. The standard InChI is InChI=1S/C23H25ClN2O5S/c1-23(2,3)31-22(28)26-17(12-32-21(26)15-5-7-16(24)8-6-15)20(27)25-11-14-4-9-18-19(10-14)30-13-29-18/h4-10,17,21H,11-13H2,1-3H3,(H,25,27). The van der Waals surface area contributed by atoms with Gasteiger partial charge in [0, 0.05) is 17.3 Å². The molecule has 2 amide bonds. The zero-order valence-electron chi connectivity index (χ0n) is 18.1. The normalized spacial score (nSPS) is 19.7. The first kappa shape index (κ1) is 22.6. The molecule has 0 radical (unpaired) electrons. The fourth-order valence-corrected chi connectivity index (χ4v) is 5.03. The minimum absolute atomic E-state index is 0.196. The first-order valence-electron chi connectivity index (χ1n) is 10.3. The predicted octanol–water partition coefficient (Wildman–Crippen LogP) is 4.74. The highest BCUT2D eigenvalue weighted by molar-refractivity contribution is 7.99. The van der Waals surface area contributed by atoms with Crippen molar-refractivity contribution in [3.63, 3.8) is 0 Å². The monoisotopic (exact) mass is 476 g/mol. The Hall–Kier alpha value is -2.58. The fraction of sp³-hybridized carbons (Fsp3) is 0.391. The number of amides is 2. The molecule has 0 spiro atoms. The Labute approximate surface area is 196 Å². The van der Waals surface area contributed by atoms with Gasteiger partial charge in [0.1, 0.15) is 17.0 Å². The van der Waals surface area contributed by atoms with Gasteiger partial charge in [-0.2, -0.15) is 0 Å². The van der Waals surface area contributed by atoms with Gasteiger partial charge in [-0.1, -0.05) is 29.8 Å². The third kappa shape index (κ3) is 5.07. The van der Waals surface area contributed by atoms with Gasteiger partial charge in [-0.15, -0.1) is 11.8 Å².